The number of aryl methyl sites for hydroxylation is 1. The third kappa shape index (κ3) is 2.79. The molecule has 2 N–H and O–H groups in total. The van der Waals surface area contributed by atoms with Crippen LogP contribution in [0, 0.1) is 12.7 Å². The quantitative estimate of drug-likeness (QED) is 0.908. The Hall–Kier alpha value is -2.36. The number of rotatable bonds is 3. The van der Waals surface area contributed by atoms with Crippen LogP contribution in [0.3, 0.4) is 0 Å². The number of halogens is 1. The Bertz CT molecular complexity index is 613. The normalized spacial score (nSPS) is 11.9. The lowest BCUT2D eigenvalue weighted by Crippen LogP contribution is -2.38. The van der Waals surface area contributed by atoms with Gasteiger partial charge in [-0.3, -0.25) is 4.90 Å². The number of benzene rings is 2. The fourth-order valence-corrected chi connectivity index (χ4v) is 2.21. The largest absolute Gasteiger partial charge is 0.351 e. The van der Waals surface area contributed by atoms with Gasteiger partial charge in [-0.1, -0.05) is 36.4 Å². The molecule has 0 spiro atoms. The van der Waals surface area contributed by atoms with E-state index in [1.807, 2.05) is 37.3 Å². The van der Waals surface area contributed by atoms with E-state index in [4.69, 9.17) is 5.73 Å². The van der Waals surface area contributed by atoms with E-state index in [1.54, 1.807) is 19.1 Å². The molecule has 1 unspecified atom stereocenters. The zero-order chi connectivity index (χ0) is 14.7. The zero-order valence-electron chi connectivity index (χ0n) is 11.5. The van der Waals surface area contributed by atoms with Crippen molar-refractivity contribution in [2.45, 2.75) is 19.9 Å². The van der Waals surface area contributed by atoms with Crippen LogP contribution in [0.2, 0.25) is 0 Å². The maximum absolute atomic E-state index is 14.1. The predicted molar refractivity (Wildman–Crippen MR) is 78.1 cm³/mol. The lowest BCUT2D eigenvalue weighted by Gasteiger charge is -2.28. The highest BCUT2D eigenvalue weighted by Crippen LogP contribution is 2.29. The molecule has 0 bridgehead atoms. The predicted octanol–water partition coefficient (Wildman–Crippen LogP) is 3.78. The van der Waals surface area contributed by atoms with Gasteiger partial charge in [0.05, 0.1) is 11.7 Å². The standard InChI is InChI=1S/C16H17FN2O/c1-11-8-9-15(14(17)10-11)19(16(18)20)12(2)13-6-4-3-5-7-13/h3-10,12H,1-2H3,(H2,18,20). The van der Waals surface area contributed by atoms with Crippen molar-refractivity contribution in [3.63, 3.8) is 0 Å². The van der Waals surface area contributed by atoms with Crippen LogP contribution in [0.4, 0.5) is 14.9 Å². The molecule has 0 aliphatic carbocycles. The molecule has 2 amide bonds. The van der Waals surface area contributed by atoms with Gasteiger partial charge in [0.2, 0.25) is 0 Å². The maximum atomic E-state index is 14.1. The van der Waals surface area contributed by atoms with Crippen LogP contribution in [-0.4, -0.2) is 6.03 Å². The highest BCUT2D eigenvalue weighted by Gasteiger charge is 2.23. The Kier molecular flexibility index (Phi) is 4.03. The molecule has 0 heterocycles. The lowest BCUT2D eigenvalue weighted by atomic mass is 10.1. The molecule has 3 nitrogen and oxygen atoms in total. The second-order valence-corrected chi connectivity index (χ2v) is 4.75. The van der Waals surface area contributed by atoms with Gasteiger partial charge in [0.15, 0.2) is 0 Å². The van der Waals surface area contributed by atoms with Crippen molar-refractivity contribution in [1.82, 2.24) is 0 Å². The van der Waals surface area contributed by atoms with E-state index in [0.717, 1.165) is 11.1 Å². The van der Waals surface area contributed by atoms with Gasteiger partial charge in [-0.25, -0.2) is 9.18 Å². The topological polar surface area (TPSA) is 46.3 Å². The summed E-state index contributed by atoms with van der Waals surface area (Å²) in [6, 6.07) is 13.1. The molecule has 0 saturated heterocycles. The number of urea groups is 1. The second kappa shape index (κ2) is 5.74. The minimum Gasteiger partial charge on any atom is -0.351 e. The Morgan fingerprint density at radius 3 is 2.40 bits per heavy atom. The Labute approximate surface area is 117 Å². The summed E-state index contributed by atoms with van der Waals surface area (Å²) in [6.45, 7) is 3.61. The molecule has 20 heavy (non-hydrogen) atoms. The summed E-state index contributed by atoms with van der Waals surface area (Å²) in [6.07, 6.45) is 0. The Morgan fingerprint density at radius 2 is 1.85 bits per heavy atom. The van der Waals surface area contributed by atoms with E-state index in [2.05, 4.69) is 0 Å². The second-order valence-electron chi connectivity index (χ2n) is 4.75. The summed E-state index contributed by atoms with van der Waals surface area (Å²) in [5, 5.41) is 0. The minimum absolute atomic E-state index is 0.194. The van der Waals surface area contributed by atoms with Crippen molar-refractivity contribution in [3.05, 3.63) is 65.5 Å². The third-order valence-corrected chi connectivity index (χ3v) is 3.27. The summed E-state index contributed by atoms with van der Waals surface area (Å²) in [5.41, 5.74) is 7.32. The van der Waals surface area contributed by atoms with E-state index in [9.17, 15) is 9.18 Å². The molecule has 104 valence electrons. The minimum atomic E-state index is -0.677. The average Bonchev–Trinajstić information content (AvgIpc) is 2.42. The van der Waals surface area contributed by atoms with Crippen molar-refractivity contribution in [1.29, 1.82) is 0 Å². The van der Waals surface area contributed by atoms with Crippen LogP contribution in [0.25, 0.3) is 0 Å². The smallest absolute Gasteiger partial charge is 0.319 e. The number of hydrogen-bond donors (Lipinski definition) is 1. The molecule has 0 fully saturated rings. The van der Waals surface area contributed by atoms with Crippen molar-refractivity contribution >= 4 is 11.7 Å². The summed E-state index contributed by atoms with van der Waals surface area (Å²) >= 11 is 0. The van der Waals surface area contributed by atoms with Crippen molar-refractivity contribution in [2.75, 3.05) is 4.90 Å². The number of anilines is 1. The maximum Gasteiger partial charge on any atom is 0.319 e. The Balaban J connectivity index is 2.44. The van der Waals surface area contributed by atoms with Crippen LogP contribution in [0.15, 0.2) is 48.5 Å². The van der Waals surface area contributed by atoms with Gasteiger partial charge in [-0.2, -0.15) is 0 Å². The van der Waals surface area contributed by atoms with Crippen LogP contribution < -0.4 is 10.6 Å². The zero-order valence-corrected chi connectivity index (χ0v) is 11.5. The van der Waals surface area contributed by atoms with Crippen molar-refractivity contribution in [2.24, 2.45) is 5.73 Å². The van der Waals surface area contributed by atoms with E-state index >= 15 is 0 Å². The molecular weight excluding hydrogens is 255 g/mol. The van der Waals surface area contributed by atoms with E-state index in [-0.39, 0.29) is 11.7 Å². The van der Waals surface area contributed by atoms with Gasteiger partial charge in [0.1, 0.15) is 5.82 Å². The van der Waals surface area contributed by atoms with Gasteiger partial charge >= 0.3 is 6.03 Å². The third-order valence-electron chi connectivity index (χ3n) is 3.27. The monoisotopic (exact) mass is 272 g/mol. The summed E-state index contributed by atoms with van der Waals surface area (Å²) in [7, 11) is 0. The number of primary amides is 1. The number of nitrogens with two attached hydrogens (primary N) is 1. The molecular formula is C16H17FN2O. The first kappa shape index (κ1) is 14.1. The molecule has 4 heteroatoms. The number of hydrogen-bond acceptors (Lipinski definition) is 1. The van der Waals surface area contributed by atoms with Crippen LogP contribution >= 0.6 is 0 Å². The summed E-state index contributed by atoms with van der Waals surface area (Å²) < 4.78 is 14.1. The molecule has 2 aromatic carbocycles. The average molecular weight is 272 g/mol. The van der Waals surface area contributed by atoms with Crippen molar-refractivity contribution in [3.8, 4) is 0 Å². The fourth-order valence-electron chi connectivity index (χ4n) is 2.21. The highest BCUT2D eigenvalue weighted by molar-refractivity contribution is 5.91. The van der Waals surface area contributed by atoms with E-state index in [1.165, 1.54) is 11.0 Å². The van der Waals surface area contributed by atoms with Gasteiger partial charge in [0.25, 0.3) is 0 Å². The highest BCUT2D eigenvalue weighted by atomic mass is 19.1. The Morgan fingerprint density at radius 1 is 1.20 bits per heavy atom. The van der Waals surface area contributed by atoms with Gasteiger partial charge in [-0.05, 0) is 37.1 Å². The van der Waals surface area contributed by atoms with Gasteiger partial charge in [-0.15, -0.1) is 0 Å². The number of amides is 2. The number of nitrogens with zero attached hydrogens (tertiary/aromatic N) is 1. The van der Waals surface area contributed by atoms with Crippen LogP contribution in [0.5, 0.6) is 0 Å². The summed E-state index contributed by atoms with van der Waals surface area (Å²) in [4.78, 5) is 13.0. The van der Waals surface area contributed by atoms with Gasteiger partial charge in [0, 0.05) is 0 Å². The number of carbonyl (C=O) groups is 1. The molecule has 0 aromatic heterocycles. The van der Waals surface area contributed by atoms with E-state index < -0.39 is 11.8 Å². The lowest BCUT2D eigenvalue weighted by molar-refractivity contribution is 0.252. The fraction of sp³-hybridized carbons (Fsp3) is 0.188. The SMILES string of the molecule is Cc1ccc(N(C(N)=O)C(C)c2ccccc2)c(F)c1. The summed E-state index contributed by atoms with van der Waals surface area (Å²) in [5.74, 6) is -0.452. The molecule has 1 atom stereocenters. The molecule has 0 aliphatic heterocycles. The van der Waals surface area contributed by atoms with Gasteiger partial charge < -0.3 is 5.73 Å². The molecule has 2 aromatic rings. The molecule has 0 saturated carbocycles. The molecule has 2 rings (SSSR count). The number of carbonyl (C=O) groups excluding carboxylic acids is 1. The molecule has 0 aliphatic rings. The first-order valence-corrected chi connectivity index (χ1v) is 6.40. The van der Waals surface area contributed by atoms with E-state index in [0.29, 0.717) is 0 Å². The molecule has 0 radical (unpaired) electrons. The van der Waals surface area contributed by atoms with Crippen molar-refractivity contribution < 1.29 is 9.18 Å². The van der Waals surface area contributed by atoms with Crippen LogP contribution in [0.1, 0.15) is 24.1 Å². The van der Waals surface area contributed by atoms with Crippen LogP contribution in [-0.2, 0) is 0 Å². The first-order valence-electron chi connectivity index (χ1n) is 6.40. The first-order chi connectivity index (χ1) is 9.50.